The van der Waals surface area contributed by atoms with E-state index in [-0.39, 0.29) is 0 Å². The van der Waals surface area contributed by atoms with Crippen molar-refractivity contribution in [2.45, 2.75) is 26.1 Å². The van der Waals surface area contributed by atoms with Crippen LogP contribution in [0.4, 0.5) is 0 Å². The lowest BCUT2D eigenvalue weighted by Crippen LogP contribution is -2.16. The van der Waals surface area contributed by atoms with Crippen LogP contribution in [0.3, 0.4) is 0 Å². The van der Waals surface area contributed by atoms with E-state index in [1.807, 2.05) is 0 Å². The molecule has 1 atom stereocenters. The highest BCUT2D eigenvalue weighted by atomic mass is 16.5. The minimum absolute atomic E-state index is 0.361. The predicted molar refractivity (Wildman–Crippen MR) is 82.7 cm³/mol. The van der Waals surface area contributed by atoms with Crippen LogP contribution >= 0.6 is 0 Å². The summed E-state index contributed by atoms with van der Waals surface area (Å²) in [6.45, 7) is 4.90. The maximum absolute atomic E-state index is 6.03. The van der Waals surface area contributed by atoms with Gasteiger partial charge in [0.15, 0.2) is 0 Å². The Kier molecular flexibility index (Phi) is 4.14. The molecule has 0 amide bonds. The molecule has 2 aromatic carbocycles. The van der Waals surface area contributed by atoms with Crippen LogP contribution in [0.1, 0.15) is 17.5 Å². The van der Waals surface area contributed by atoms with E-state index in [1.165, 1.54) is 22.3 Å². The normalized spacial score (nSPS) is 18.4. The third-order valence-electron chi connectivity index (χ3n) is 3.94. The molecule has 1 heterocycles. The summed E-state index contributed by atoms with van der Waals surface area (Å²) in [5, 5.41) is 3.34. The maximum Gasteiger partial charge on any atom is 0.0727 e. The van der Waals surface area contributed by atoms with Gasteiger partial charge in [-0.2, -0.15) is 0 Å². The van der Waals surface area contributed by atoms with Gasteiger partial charge in [-0.3, -0.25) is 0 Å². The first-order chi connectivity index (χ1) is 9.84. The van der Waals surface area contributed by atoms with E-state index < -0.39 is 0 Å². The van der Waals surface area contributed by atoms with E-state index in [2.05, 4.69) is 60.8 Å². The Hall–Kier alpha value is -1.64. The summed E-state index contributed by atoms with van der Waals surface area (Å²) in [7, 11) is 0. The van der Waals surface area contributed by atoms with Gasteiger partial charge in [-0.1, -0.05) is 48.5 Å². The first-order valence-corrected chi connectivity index (χ1v) is 7.31. The summed E-state index contributed by atoms with van der Waals surface area (Å²) in [6, 6.07) is 17.1. The molecule has 2 nitrogen and oxygen atoms in total. The second-order valence-corrected chi connectivity index (χ2v) is 5.40. The molecule has 0 bridgehead atoms. The van der Waals surface area contributed by atoms with Gasteiger partial charge in [0.1, 0.15) is 0 Å². The highest BCUT2D eigenvalue weighted by Crippen LogP contribution is 2.27. The summed E-state index contributed by atoms with van der Waals surface area (Å²) < 4.78 is 6.03. The molecule has 1 fully saturated rings. The van der Waals surface area contributed by atoms with Gasteiger partial charge in [-0.15, -0.1) is 0 Å². The molecule has 1 saturated heterocycles. The summed E-state index contributed by atoms with van der Waals surface area (Å²) in [6.07, 6.45) is 1.48. The molecule has 0 spiro atoms. The van der Waals surface area contributed by atoms with Gasteiger partial charge in [0.25, 0.3) is 0 Å². The maximum atomic E-state index is 6.03. The van der Waals surface area contributed by atoms with Crippen LogP contribution in [0.5, 0.6) is 0 Å². The fourth-order valence-corrected chi connectivity index (χ4v) is 2.76. The number of rotatable bonds is 4. The van der Waals surface area contributed by atoms with Crippen LogP contribution in [0.25, 0.3) is 11.1 Å². The number of nitrogens with one attached hydrogen (secondary N) is 1. The lowest BCUT2D eigenvalue weighted by molar-refractivity contribution is 0.0545. The van der Waals surface area contributed by atoms with E-state index in [0.717, 1.165) is 19.5 Å². The monoisotopic (exact) mass is 267 g/mol. The van der Waals surface area contributed by atoms with E-state index in [9.17, 15) is 0 Å². The lowest BCUT2D eigenvalue weighted by Gasteiger charge is -2.15. The Morgan fingerprint density at radius 2 is 1.80 bits per heavy atom. The van der Waals surface area contributed by atoms with Gasteiger partial charge in [-0.25, -0.2) is 0 Å². The smallest absolute Gasteiger partial charge is 0.0727 e. The molecule has 3 rings (SSSR count). The number of ether oxygens (including phenoxy) is 1. The molecule has 1 aliphatic rings. The van der Waals surface area contributed by atoms with Crippen molar-refractivity contribution in [2.75, 3.05) is 13.1 Å². The molecule has 104 valence electrons. The van der Waals surface area contributed by atoms with E-state index in [1.54, 1.807) is 0 Å². The van der Waals surface area contributed by atoms with Crippen molar-refractivity contribution >= 4 is 0 Å². The molecule has 1 aliphatic heterocycles. The fourth-order valence-electron chi connectivity index (χ4n) is 2.76. The van der Waals surface area contributed by atoms with Crippen molar-refractivity contribution < 1.29 is 4.74 Å². The zero-order valence-electron chi connectivity index (χ0n) is 11.9. The molecule has 0 saturated carbocycles. The SMILES string of the molecule is Cc1ccccc1-c1ccccc1CO[C@H]1CCNC1. The summed E-state index contributed by atoms with van der Waals surface area (Å²) >= 11 is 0. The number of benzene rings is 2. The molecule has 1 N–H and O–H groups in total. The van der Waals surface area contributed by atoms with Gasteiger partial charge in [0.2, 0.25) is 0 Å². The minimum Gasteiger partial charge on any atom is -0.372 e. The van der Waals surface area contributed by atoms with Gasteiger partial charge in [0.05, 0.1) is 12.7 Å². The molecule has 0 aliphatic carbocycles. The number of aryl methyl sites for hydroxylation is 1. The predicted octanol–water partition coefficient (Wildman–Crippen LogP) is 3.54. The van der Waals surface area contributed by atoms with E-state index >= 15 is 0 Å². The molecular formula is C18H21NO. The first-order valence-electron chi connectivity index (χ1n) is 7.31. The quantitative estimate of drug-likeness (QED) is 0.915. The van der Waals surface area contributed by atoms with Crippen molar-refractivity contribution in [1.29, 1.82) is 0 Å². The van der Waals surface area contributed by atoms with Crippen molar-refractivity contribution in [1.82, 2.24) is 5.32 Å². The van der Waals surface area contributed by atoms with E-state index in [4.69, 9.17) is 4.74 Å². The zero-order valence-corrected chi connectivity index (χ0v) is 11.9. The van der Waals surface area contributed by atoms with Crippen molar-refractivity contribution in [3.63, 3.8) is 0 Å². The lowest BCUT2D eigenvalue weighted by atomic mass is 9.96. The molecule has 2 heteroatoms. The second-order valence-electron chi connectivity index (χ2n) is 5.40. The van der Waals surface area contributed by atoms with Gasteiger partial charge < -0.3 is 10.1 Å². The summed E-state index contributed by atoms with van der Waals surface area (Å²) in [5.41, 5.74) is 5.17. The number of hydrogen-bond acceptors (Lipinski definition) is 2. The fraction of sp³-hybridized carbons (Fsp3) is 0.333. The summed E-state index contributed by atoms with van der Waals surface area (Å²) in [4.78, 5) is 0. The van der Waals surface area contributed by atoms with Crippen LogP contribution in [0, 0.1) is 6.92 Å². The van der Waals surface area contributed by atoms with Gasteiger partial charge >= 0.3 is 0 Å². The highest BCUT2D eigenvalue weighted by Gasteiger charge is 2.15. The molecule has 20 heavy (non-hydrogen) atoms. The standard InChI is InChI=1S/C18H21NO/c1-14-6-2-4-8-17(14)18-9-5-3-7-15(18)13-20-16-10-11-19-12-16/h2-9,16,19H,10-13H2,1H3/t16-/m0/s1. The largest absolute Gasteiger partial charge is 0.372 e. The van der Waals surface area contributed by atoms with Gasteiger partial charge in [0, 0.05) is 6.54 Å². The Morgan fingerprint density at radius 3 is 2.55 bits per heavy atom. The molecular weight excluding hydrogens is 246 g/mol. The van der Waals surface area contributed by atoms with Crippen molar-refractivity contribution in [3.8, 4) is 11.1 Å². The summed E-state index contributed by atoms with van der Waals surface area (Å²) in [5.74, 6) is 0. The molecule has 2 aromatic rings. The van der Waals surface area contributed by atoms with E-state index in [0.29, 0.717) is 12.7 Å². The third-order valence-corrected chi connectivity index (χ3v) is 3.94. The van der Waals surface area contributed by atoms with Crippen LogP contribution in [-0.2, 0) is 11.3 Å². The van der Waals surface area contributed by atoms with Crippen molar-refractivity contribution in [2.24, 2.45) is 0 Å². The number of hydrogen-bond donors (Lipinski definition) is 1. The minimum atomic E-state index is 0.361. The van der Waals surface area contributed by atoms with Crippen LogP contribution < -0.4 is 5.32 Å². The average molecular weight is 267 g/mol. The molecule has 0 unspecified atom stereocenters. The Balaban J connectivity index is 1.82. The molecule has 0 aromatic heterocycles. The third kappa shape index (κ3) is 2.92. The average Bonchev–Trinajstić information content (AvgIpc) is 2.99. The first kappa shape index (κ1) is 13.3. The highest BCUT2D eigenvalue weighted by molar-refractivity contribution is 5.70. The Bertz CT molecular complexity index is 573. The van der Waals surface area contributed by atoms with Crippen LogP contribution in [0.15, 0.2) is 48.5 Å². The Morgan fingerprint density at radius 1 is 1.05 bits per heavy atom. The van der Waals surface area contributed by atoms with Gasteiger partial charge in [-0.05, 0) is 42.1 Å². The van der Waals surface area contributed by atoms with Crippen LogP contribution in [0.2, 0.25) is 0 Å². The Labute approximate surface area is 120 Å². The van der Waals surface area contributed by atoms with Crippen molar-refractivity contribution in [3.05, 3.63) is 59.7 Å². The zero-order chi connectivity index (χ0) is 13.8. The topological polar surface area (TPSA) is 21.3 Å². The molecule has 0 radical (unpaired) electrons. The van der Waals surface area contributed by atoms with Crippen LogP contribution in [-0.4, -0.2) is 19.2 Å². The second kappa shape index (κ2) is 6.21.